The van der Waals surface area contributed by atoms with Crippen LogP contribution in [0.15, 0.2) is 45.9 Å². The number of amides is 1. The fourth-order valence-electron chi connectivity index (χ4n) is 3.86. The minimum atomic E-state index is -3.45. The molecule has 6 nitrogen and oxygen atoms in total. The molecule has 1 aliphatic carbocycles. The SMILES string of the molecule is Cc1ccc(S(C)(=O)=O)cc1C(=O)Nc1sc2c(c1C(=O)c1ccco1)CCC(C)C2. The minimum Gasteiger partial charge on any atom is -0.461 e. The summed E-state index contributed by atoms with van der Waals surface area (Å²) in [5.74, 6) is 0.0389. The van der Waals surface area contributed by atoms with Gasteiger partial charge in [-0.25, -0.2) is 8.42 Å². The smallest absolute Gasteiger partial charge is 0.256 e. The van der Waals surface area contributed by atoms with Gasteiger partial charge in [-0.15, -0.1) is 11.3 Å². The Morgan fingerprint density at radius 2 is 2.00 bits per heavy atom. The number of nitrogens with one attached hydrogen (secondary N) is 1. The zero-order chi connectivity index (χ0) is 22.3. The van der Waals surface area contributed by atoms with Gasteiger partial charge in [-0.2, -0.15) is 0 Å². The van der Waals surface area contributed by atoms with E-state index in [9.17, 15) is 18.0 Å². The Balaban J connectivity index is 1.75. The van der Waals surface area contributed by atoms with E-state index in [0.29, 0.717) is 22.0 Å². The van der Waals surface area contributed by atoms with Gasteiger partial charge in [0.1, 0.15) is 5.00 Å². The van der Waals surface area contributed by atoms with Crippen LogP contribution in [0.2, 0.25) is 0 Å². The van der Waals surface area contributed by atoms with Crippen LogP contribution in [-0.4, -0.2) is 26.4 Å². The predicted octanol–water partition coefficient (Wildman–Crippen LogP) is 4.66. The summed E-state index contributed by atoms with van der Waals surface area (Å²) in [4.78, 5) is 27.5. The van der Waals surface area contributed by atoms with Crippen molar-refractivity contribution >= 4 is 37.9 Å². The van der Waals surface area contributed by atoms with E-state index in [1.807, 2.05) is 0 Å². The van der Waals surface area contributed by atoms with Crippen LogP contribution in [0.25, 0.3) is 0 Å². The van der Waals surface area contributed by atoms with Gasteiger partial charge in [0.25, 0.3) is 5.91 Å². The third-order valence-electron chi connectivity index (χ3n) is 5.59. The molecule has 3 aromatic rings. The number of thiophene rings is 1. The van der Waals surface area contributed by atoms with Crippen molar-refractivity contribution < 1.29 is 22.4 Å². The highest BCUT2D eigenvalue weighted by atomic mass is 32.2. The Bertz CT molecular complexity index is 1270. The summed E-state index contributed by atoms with van der Waals surface area (Å²) < 4.78 is 29.2. The highest BCUT2D eigenvalue weighted by molar-refractivity contribution is 7.90. The fraction of sp³-hybridized carbons (Fsp3) is 0.304. The summed E-state index contributed by atoms with van der Waals surface area (Å²) in [6.45, 7) is 3.92. The molecule has 0 radical (unpaired) electrons. The first kappa shape index (κ1) is 21.5. The molecule has 1 unspecified atom stereocenters. The number of carbonyl (C=O) groups excluding carboxylic acids is 2. The van der Waals surface area contributed by atoms with Crippen LogP contribution in [0.3, 0.4) is 0 Å². The normalized spacial score (nSPS) is 16.0. The van der Waals surface area contributed by atoms with E-state index >= 15 is 0 Å². The van der Waals surface area contributed by atoms with Crippen molar-refractivity contribution in [1.29, 1.82) is 0 Å². The van der Waals surface area contributed by atoms with Gasteiger partial charge >= 0.3 is 0 Å². The number of furan rings is 1. The highest BCUT2D eigenvalue weighted by Gasteiger charge is 2.30. The summed E-state index contributed by atoms with van der Waals surface area (Å²) in [5.41, 5.74) is 2.37. The van der Waals surface area contributed by atoms with Gasteiger partial charge in [-0.05, 0) is 67.5 Å². The molecule has 4 rings (SSSR count). The van der Waals surface area contributed by atoms with Gasteiger partial charge in [0, 0.05) is 16.7 Å². The lowest BCUT2D eigenvalue weighted by molar-refractivity contribution is 0.101. The molecule has 1 atom stereocenters. The van der Waals surface area contributed by atoms with Crippen molar-refractivity contribution in [3.05, 3.63) is 69.5 Å². The summed E-state index contributed by atoms with van der Waals surface area (Å²) >= 11 is 1.42. The standard InChI is InChI=1S/C23H23NO5S2/c1-13-6-9-16-19(11-13)30-23(20(16)21(25)18-5-4-10-29-18)24-22(26)17-12-15(31(3,27)28)8-7-14(17)2/h4-5,7-8,10,12-13H,6,9,11H2,1-3H3,(H,24,26). The highest BCUT2D eigenvalue weighted by Crippen LogP contribution is 2.41. The van der Waals surface area contributed by atoms with Crippen LogP contribution in [0, 0.1) is 12.8 Å². The van der Waals surface area contributed by atoms with Crippen molar-refractivity contribution in [2.75, 3.05) is 11.6 Å². The number of sulfone groups is 1. The molecule has 1 aromatic carbocycles. The van der Waals surface area contributed by atoms with Crippen molar-refractivity contribution in [3.8, 4) is 0 Å². The topological polar surface area (TPSA) is 93.5 Å². The number of fused-ring (bicyclic) bond motifs is 1. The van der Waals surface area contributed by atoms with Gasteiger partial charge in [-0.3, -0.25) is 9.59 Å². The number of rotatable bonds is 5. The van der Waals surface area contributed by atoms with Crippen LogP contribution >= 0.6 is 11.3 Å². The second-order valence-electron chi connectivity index (χ2n) is 8.07. The molecule has 0 aliphatic heterocycles. The van der Waals surface area contributed by atoms with E-state index in [-0.39, 0.29) is 22.0 Å². The number of anilines is 1. The van der Waals surface area contributed by atoms with Crippen LogP contribution in [0.5, 0.6) is 0 Å². The quantitative estimate of drug-likeness (QED) is 0.563. The van der Waals surface area contributed by atoms with Gasteiger partial charge < -0.3 is 9.73 Å². The molecule has 2 aromatic heterocycles. The Morgan fingerprint density at radius 1 is 1.23 bits per heavy atom. The summed E-state index contributed by atoms with van der Waals surface area (Å²) in [5, 5.41) is 3.36. The van der Waals surface area contributed by atoms with Gasteiger partial charge in [0.05, 0.1) is 16.7 Å². The van der Waals surface area contributed by atoms with Crippen LogP contribution in [0.4, 0.5) is 5.00 Å². The molecule has 1 N–H and O–H groups in total. The monoisotopic (exact) mass is 457 g/mol. The van der Waals surface area contributed by atoms with Gasteiger partial charge in [0.2, 0.25) is 5.78 Å². The molecule has 0 saturated carbocycles. The van der Waals surface area contributed by atoms with Crippen LogP contribution < -0.4 is 5.32 Å². The molecular weight excluding hydrogens is 434 g/mol. The van der Waals surface area contributed by atoms with Crippen molar-refractivity contribution in [3.63, 3.8) is 0 Å². The van der Waals surface area contributed by atoms with Crippen molar-refractivity contribution in [2.45, 2.75) is 38.0 Å². The molecule has 0 fully saturated rings. The molecule has 1 aliphatic rings. The average molecular weight is 458 g/mol. The number of aryl methyl sites for hydroxylation is 1. The maximum Gasteiger partial charge on any atom is 0.256 e. The van der Waals surface area contributed by atoms with Crippen LogP contribution in [-0.2, 0) is 22.7 Å². The van der Waals surface area contributed by atoms with Crippen LogP contribution in [0.1, 0.15) is 55.8 Å². The first-order valence-corrected chi connectivity index (χ1v) is 12.7. The van der Waals surface area contributed by atoms with E-state index < -0.39 is 15.7 Å². The maximum atomic E-state index is 13.2. The molecule has 0 saturated heterocycles. The largest absolute Gasteiger partial charge is 0.461 e. The summed E-state index contributed by atoms with van der Waals surface area (Å²) in [7, 11) is -3.45. The molecule has 31 heavy (non-hydrogen) atoms. The van der Waals surface area contributed by atoms with Crippen molar-refractivity contribution in [2.24, 2.45) is 5.92 Å². The summed E-state index contributed by atoms with van der Waals surface area (Å²) in [6.07, 6.45) is 5.16. The van der Waals surface area contributed by atoms with E-state index in [2.05, 4.69) is 12.2 Å². The third kappa shape index (κ3) is 4.22. The molecule has 0 bridgehead atoms. The Labute approximate surface area is 185 Å². The lowest BCUT2D eigenvalue weighted by atomic mass is 9.87. The molecule has 0 spiro atoms. The zero-order valence-corrected chi connectivity index (χ0v) is 19.2. The lowest BCUT2D eigenvalue weighted by Gasteiger charge is -2.18. The predicted molar refractivity (Wildman–Crippen MR) is 120 cm³/mol. The molecule has 1 amide bonds. The minimum absolute atomic E-state index is 0.0782. The molecular formula is C23H23NO5S2. The fourth-order valence-corrected chi connectivity index (χ4v) is 5.91. The molecule has 162 valence electrons. The number of ketones is 1. The van der Waals surface area contributed by atoms with Gasteiger partial charge in [-0.1, -0.05) is 13.0 Å². The first-order valence-electron chi connectivity index (χ1n) is 10.00. The van der Waals surface area contributed by atoms with E-state index in [1.54, 1.807) is 25.1 Å². The zero-order valence-electron chi connectivity index (χ0n) is 17.5. The van der Waals surface area contributed by atoms with E-state index in [0.717, 1.165) is 36.0 Å². The number of hydrogen-bond donors (Lipinski definition) is 1. The van der Waals surface area contributed by atoms with Gasteiger partial charge in [0.15, 0.2) is 15.6 Å². The second kappa shape index (κ2) is 8.09. The lowest BCUT2D eigenvalue weighted by Crippen LogP contribution is -2.17. The molecule has 2 heterocycles. The first-order chi connectivity index (χ1) is 14.6. The number of benzene rings is 1. The Morgan fingerprint density at radius 3 is 2.68 bits per heavy atom. The average Bonchev–Trinajstić information content (AvgIpc) is 3.34. The van der Waals surface area contributed by atoms with Crippen molar-refractivity contribution in [1.82, 2.24) is 0 Å². The number of carbonyl (C=O) groups is 2. The summed E-state index contributed by atoms with van der Waals surface area (Å²) in [6, 6.07) is 7.75. The van der Waals surface area contributed by atoms with E-state index in [1.165, 1.54) is 29.7 Å². The van der Waals surface area contributed by atoms with E-state index in [4.69, 9.17) is 4.42 Å². The second-order valence-corrected chi connectivity index (χ2v) is 11.2. The maximum absolute atomic E-state index is 13.2. The Hall–Kier alpha value is -2.71. The third-order valence-corrected chi connectivity index (χ3v) is 7.87. The Kier molecular flexibility index (Phi) is 5.61. The number of hydrogen-bond acceptors (Lipinski definition) is 6. The molecule has 8 heteroatoms.